The standard InChI is InChI=1S/C19H20O2/c1-13-9-10-18(21-2)17(11-13)19(20)16-8-4-7-15(12-16)14-5-3-6-14/h4,7-12,14H,3,5-6H2,1-2H3. The molecule has 0 aromatic heterocycles. The summed E-state index contributed by atoms with van der Waals surface area (Å²) in [6.07, 6.45) is 3.78. The maximum Gasteiger partial charge on any atom is 0.196 e. The second kappa shape index (κ2) is 5.72. The Morgan fingerprint density at radius 3 is 2.62 bits per heavy atom. The summed E-state index contributed by atoms with van der Waals surface area (Å²) in [6, 6.07) is 13.8. The first-order chi connectivity index (χ1) is 10.2. The molecule has 21 heavy (non-hydrogen) atoms. The summed E-state index contributed by atoms with van der Waals surface area (Å²) >= 11 is 0. The van der Waals surface area contributed by atoms with E-state index in [0.717, 1.165) is 11.1 Å². The van der Waals surface area contributed by atoms with Crippen LogP contribution in [0.3, 0.4) is 0 Å². The molecule has 0 heterocycles. The smallest absolute Gasteiger partial charge is 0.196 e. The van der Waals surface area contributed by atoms with Gasteiger partial charge in [-0.25, -0.2) is 0 Å². The summed E-state index contributed by atoms with van der Waals surface area (Å²) in [7, 11) is 1.60. The van der Waals surface area contributed by atoms with Crippen LogP contribution in [0.2, 0.25) is 0 Å². The number of hydrogen-bond acceptors (Lipinski definition) is 2. The zero-order chi connectivity index (χ0) is 14.8. The minimum atomic E-state index is 0.0386. The highest BCUT2D eigenvalue weighted by atomic mass is 16.5. The zero-order valence-corrected chi connectivity index (χ0v) is 12.6. The first-order valence-corrected chi connectivity index (χ1v) is 7.48. The van der Waals surface area contributed by atoms with Crippen molar-refractivity contribution in [3.05, 3.63) is 64.7 Å². The Balaban J connectivity index is 1.96. The lowest BCUT2D eigenvalue weighted by Crippen LogP contribution is -2.10. The number of carbonyl (C=O) groups excluding carboxylic acids is 1. The second-order valence-electron chi connectivity index (χ2n) is 5.79. The molecule has 0 bridgehead atoms. The van der Waals surface area contributed by atoms with Gasteiger partial charge in [0.1, 0.15) is 5.75 Å². The van der Waals surface area contributed by atoms with E-state index < -0.39 is 0 Å². The van der Waals surface area contributed by atoms with E-state index in [4.69, 9.17) is 4.74 Å². The van der Waals surface area contributed by atoms with E-state index >= 15 is 0 Å². The van der Waals surface area contributed by atoms with E-state index in [1.54, 1.807) is 7.11 Å². The maximum atomic E-state index is 12.8. The van der Waals surface area contributed by atoms with Gasteiger partial charge in [-0.2, -0.15) is 0 Å². The molecule has 1 saturated carbocycles. The van der Waals surface area contributed by atoms with Crippen molar-refractivity contribution in [3.8, 4) is 5.75 Å². The minimum absolute atomic E-state index is 0.0386. The highest BCUT2D eigenvalue weighted by Gasteiger charge is 2.21. The molecule has 2 heteroatoms. The molecule has 1 aliphatic carbocycles. The first kappa shape index (κ1) is 13.9. The molecule has 0 atom stereocenters. The Hall–Kier alpha value is -2.09. The number of methoxy groups -OCH3 is 1. The van der Waals surface area contributed by atoms with Crippen molar-refractivity contribution >= 4 is 5.78 Å². The van der Waals surface area contributed by atoms with Gasteiger partial charge in [0.25, 0.3) is 0 Å². The van der Waals surface area contributed by atoms with E-state index in [1.807, 2.05) is 43.3 Å². The topological polar surface area (TPSA) is 26.3 Å². The number of carbonyl (C=O) groups is 1. The van der Waals surface area contributed by atoms with Crippen LogP contribution in [0.25, 0.3) is 0 Å². The van der Waals surface area contributed by atoms with Gasteiger partial charge in [0, 0.05) is 5.56 Å². The molecule has 2 aromatic carbocycles. The Bertz CT molecular complexity index is 669. The fourth-order valence-electron chi connectivity index (χ4n) is 2.83. The Kier molecular flexibility index (Phi) is 3.78. The third-order valence-electron chi connectivity index (χ3n) is 4.32. The van der Waals surface area contributed by atoms with Gasteiger partial charge >= 0.3 is 0 Å². The Labute approximate surface area is 125 Å². The fourth-order valence-corrected chi connectivity index (χ4v) is 2.83. The van der Waals surface area contributed by atoms with Crippen LogP contribution in [0.5, 0.6) is 5.75 Å². The predicted molar refractivity (Wildman–Crippen MR) is 84.2 cm³/mol. The molecule has 108 valence electrons. The van der Waals surface area contributed by atoms with E-state index in [-0.39, 0.29) is 5.78 Å². The first-order valence-electron chi connectivity index (χ1n) is 7.48. The van der Waals surface area contributed by atoms with Crippen LogP contribution in [0.15, 0.2) is 42.5 Å². The van der Waals surface area contributed by atoms with E-state index in [0.29, 0.717) is 17.2 Å². The van der Waals surface area contributed by atoms with Gasteiger partial charge in [-0.3, -0.25) is 4.79 Å². The van der Waals surface area contributed by atoms with Gasteiger partial charge in [-0.15, -0.1) is 0 Å². The van der Waals surface area contributed by atoms with Crippen LogP contribution in [0, 0.1) is 6.92 Å². The summed E-state index contributed by atoms with van der Waals surface area (Å²) in [5.74, 6) is 1.31. The van der Waals surface area contributed by atoms with Crippen molar-refractivity contribution in [2.45, 2.75) is 32.1 Å². The van der Waals surface area contributed by atoms with Crippen molar-refractivity contribution in [2.24, 2.45) is 0 Å². The molecular formula is C19H20O2. The summed E-state index contributed by atoms with van der Waals surface area (Å²) < 4.78 is 5.33. The van der Waals surface area contributed by atoms with Crippen LogP contribution in [-0.4, -0.2) is 12.9 Å². The molecule has 0 N–H and O–H groups in total. The quantitative estimate of drug-likeness (QED) is 0.771. The van der Waals surface area contributed by atoms with Gasteiger partial charge in [-0.1, -0.05) is 36.2 Å². The van der Waals surface area contributed by atoms with Crippen molar-refractivity contribution in [1.29, 1.82) is 0 Å². The molecule has 2 aromatic rings. The van der Waals surface area contributed by atoms with Gasteiger partial charge in [0.2, 0.25) is 0 Å². The molecule has 0 spiro atoms. The molecule has 0 amide bonds. The molecule has 0 saturated heterocycles. The highest BCUT2D eigenvalue weighted by molar-refractivity contribution is 6.10. The van der Waals surface area contributed by atoms with Gasteiger partial charge in [0.15, 0.2) is 5.78 Å². The number of benzene rings is 2. The number of aryl methyl sites for hydroxylation is 1. The number of ether oxygens (including phenoxy) is 1. The van der Waals surface area contributed by atoms with Crippen molar-refractivity contribution in [2.75, 3.05) is 7.11 Å². The summed E-state index contributed by atoms with van der Waals surface area (Å²) in [4.78, 5) is 12.8. The van der Waals surface area contributed by atoms with Crippen molar-refractivity contribution in [1.82, 2.24) is 0 Å². The summed E-state index contributed by atoms with van der Waals surface area (Å²) in [5, 5.41) is 0. The molecule has 3 rings (SSSR count). The van der Waals surface area contributed by atoms with E-state index in [2.05, 4.69) is 6.07 Å². The van der Waals surface area contributed by atoms with E-state index in [9.17, 15) is 4.79 Å². The summed E-state index contributed by atoms with van der Waals surface area (Å²) in [5.41, 5.74) is 3.75. The third kappa shape index (κ3) is 2.71. The lowest BCUT2D eigenvalue weighted by Gasteiger charge is -2.26. The van der Waals surface area contributed by atoms with Crippen molar-refractivity contribution < 1.29 is 9.53 Å². The van der Waals surface area contributed by atoms with Crippen LogP contribution in [0.4, 0.5) is 0 Å². The number of ketones is 1. The average Bonchev–Trinajstić information content (AvgIpc) is 2.45. The van der Waals surface area contributed by atoms with Crippen LogP contribution >= 0.6 is 0 Å². The maximum absolute atomic E-state index is 12.8. The molecule has 0 radical (unpaired) electrons. The van der Waals surface area contributed by atoms with Gasteiger partial charge in [-0.05, 0) is 49.4 Å². The average molecular weight is 280 g/mol. The van der Waals surface area contributed by atoms with Crippen LogP contribution in [-0.2, 0) is 0 Å². The van der Waals surface area contributed by atoms with Gasteiger partial charge < -0.3 is 4.74 Å². The second-order valence-corrected chi connectivity index (χ2v) is 5.79. The highest BCUT2D eigenvalue weighted by Crippen LogP contribution is 2.36. The predicted octanol–water partition coefficient (Wildman–Crippen LogP) is 4.50. The van der Waals surface area contributed by atoms with Crippen LogP contribution in [0.1, 0.15) is 52.2 Å². The molecule has 0 aliphatic heterocycles. The number of hydrogen-bond donors (Lipinski definition) is 0. The minimum Gasteiger partial charge on any atom is -0.496 e. The Morgan fingerprint density at radius 2 is 1.95 bits per heavy atom. The monoisotopic (exact) mass is 280 g/mol. The zero-order valence-electron chi connectivity index (χ0n) is 12.6. The SMILES string of the molecule is COc1ccc(C)cc1C(=O)c1cccc(C2CCC2)c1. The lowest BCUT2D eigenvalue weighted by atomic mass is 9.79. The molecule has 1 fully saturated rings. The molecule has 1 aliphatic rings. The van der Waals surface area contributed by atoms with Gasteiger partial charge in [0.05, 0.1) is 12.7 Å². The Morgan fingerprint density at radius 1 is 1.14 bits per heavy atom. The number of rotatable bonds is 4. The molecule has 0 unspecified atom stereocenters. The van der Waals surface area contributed by atoms with Crippen molar-refractivity contribution in [3.63, 3.8) is 0 Å². The fraction of sp³-hybridized carbons (Fsp3) is 0.316. The lowest BCUT2D eigenvalue weighted by molar-refractivity contribution is 0.103. The van der Waals surface area contributed by atoms with Crippen LogP contribution < -0.4 is 4.74 Å². The molecular weight excluding hydrogens is 260 g/mol. The normalized spacial score (nSPS) is 14.6. The van der Waals surface area contributed by atoms with E-state index in [1.165, 1.54) is 24.8 Å². The largest absolute Gasteiger partial charge is 0.496 e. The summed E-state index contributed by atoms with van der Waals surface area (Å²) in [6.45, 7) is 1.99. The molecule has 2 nitrogen and oxygen atoms in total. The third-order valence-corrected chi connectivity index (χ3v) is 4.32.